The van der Waals surface area contributed by atoms with Gasteiger partial charge in [-0.3, -0.25) is 15.3 Å². The zero-order chi connectivity index (χ0) is 17.5. The second-order valence-corrected chi connectivity index (χ2v) is 4.96. The molecule has 23 heavy (non-hydrogen) atoms. The number of nitrogens with zero attached hydrogens (tertiary/aromatic N) is 1. The minimum Gasteiger partial charge on any atom is -0.480 e. The summed E-state index contributed by atoms with van der Waals surface area (Å²) >= 11 is 0. The summed E-state index contributed by atoms with van der Waals surface area (Å²) < 4.78 is 4.92. The van der Waals surface area contributed by atoms with E-state index in [-0.39, 0.29) is 18.6 Å². The number of hydrogen-bond donors (Lipinski definition) is 5. The SMILES string of the molecule is NCCCCC(NC(=O)OCCCCCCON(O)O)C(=O)O. The van der Waals surface area contributed by atoms with Crippen molar-refractivity contribution in [2.75, 3.05) is 19.8 Å². The average Bonchev–Trinajstić information content (AvgIpc) is 2.48. The molecule has 6 N–H and O–H groups in total. The Kier molecular flexibility index (Phi) is 13.3. The molecule has 0 heterocycles. The van der Waals surface area contributed by atoms with Crippen LogP contribution in [0.1, 0.15) is 44.9 Å². The first-order chi connectivity index (χ1) is 11.0. The minimum absolute atomic E-state index is 0.178. The van der Waals surface area contributed by atoms with Crippen molar-refractivity contribution in [3.63, 3.8) is 0 Å². The number of alkyl carbamates (subject to hydrolysis) is 1. The number of amides is 1. The minimum atomic E-state index is -1.10. The van der Waals surface area contributed by atoms with Gasteiger partial charge < -0.3 is 20.9 Å². The van der Waals surface area contributed by atoms with E-state index in [0.717, 1.165) is 12.8 Å². The molecular weight excluding hydrogens is 310 g/mol. The zero-order valence-corrected chi connectivity index (χ0v) is 13.1. The molecule has 1 atom stereocenters. The fourth-order valence-electron chi connectivity index (χ4n) is 1.80. The van der Waals surface area contributed by atoms with Gasteiger partial charge >= 0.3 is 12.1 Å². The van der Waals surface area contributed by atoms with E-state index in [1.54, 1.807) is 0 Å². The Hall–Kier alpha value is -1.46. The molecule has 136 valence electrons. The highest BCUT2D eigenvalue weighted by Gasteiger charge is 2.19. The van der Waals surface area contributed by atoms with Crippen molar-refractivity contribution >= 4 is 12.1 Å². The topological polar surface area (TPSA) is 155 Å². The number of carboxylic acid groups (broad SMARTS) is 1. The molecule has 0 fully saturated rings. The summed E-state index contributed by atoms with van der Waals surface area (Å²) in [5.41, 5.74) is 5.34. The van der Waals surface area contributed by atoms with E-state index < -0.39 is 18.1 Å². The lowest BCUT2D eigenvalue weighted by atomic mass is 10.1. The van der Waals surface area contributed by atoms with Gasteiger partial charge in [-0.15, -0.1) is 0 Å². The number of rotatable bonds is 14. The van der Waals surface area contributed by atoms with Crippen molar-refractivity contribution in [3.05, 3.63) is 0 Å². The molecule has 0 aromatic heterocycles. The van der Waals surface area contributed by atoms with E-state index in [0.29, 0.717) is 38.6 Å². The van der Waals surface area contributed by atoms with Gasteiger partial charge in [-0.2, -0.15) is 0 Å². The molecule has 0 radical (unpaired) electrons. The number of carbonyl (C=O) groups is 2. The Morgan fingerprint density at radius 2 is 1.70 bits per heavy atom. The van der Waals surface area contributed by atoms with E-state index in [9.17, 15) is 9.59 Å². The number of unbranched alkanes of at least 4 members (excludes halogenated alkanes) is 4. The van der Waals surface area contributed by atoms with Gasteiger partial charge in [0.05, 0.1) is 18.6 Å². The second kappa shape index (κ2) is 14.2. The first-order valence-electron chi connectivity index (χ1n) is 7.64. The van der Waals surface area contributed by atoms with E-state index in [2.05, 4.69) is 10.2 Å². The van der Waals surface area contributed by atoms with Gasteiger partial charge in [0.1, 0.15) is 6.04 Å². The van der Waals surface area contributed by atoms with Crippen molar-refractivity contribution in [2.45, 2.75) is 51.0 Å². The lowest BCUT2D eigenvalue weighted by Gasteiger charge is -2.14. The van der Waals surface area contributed by atoms with Gasteiger partial charge in [-0.25, -0.2) is 9.59 Å². The first kappa shape index (κ1) is 21.5. The molecule has 10 nitrogen and oxygen atoms in total. The Bertz CT molecular complexity index is 329. The van der Waals surface area contributed by atoms with Crippen molar-refractivity contribution in [1.82, 2.24) is 10.7 Å². The van der Waals surface area contributed by atoms with Gasteiger partial charge in [0, 0.05) is 0 Å². The number of carboxylic acids is 1. The summed E-state index contributed by atoms with van der Waals surface area (Å²) in [7, 11) is 0. The number of nitrogens with two attached hydrogens (primary N) is 1. The van der Waals surface area contributed by atoms with E-state index in [1.165, 1.54) is 0 Å². The zero-order valence-electron chi connectivity index (χ0n) is 13.1. The molecular formula is C13H27N3O7. The van der Waals surface area contributed by atoms with Crippen LogP contribution in [0.3, 0.4) is 0 Å². The second-order valence-electron chi connectivity index (χ2n) is 4.96. The molecule has 0 saturated carbocycles. The summed E-state index contributed by atoms with van der Waals surface area (Å²) in [6.45, 7) is 0.849. The molecule has 0 aliphatic rings. The number of aliphatic carboxylic acids is 1. The third-order valence-corrected chi connectivity index (χ3v) is 3.02. The summed E-state index contributed by atoms with van der Waals surface area (Å²) in [5, 5.41) is 27.6. The fourth-order valence-corrected chi connectivity index (χ4v) is 1.80. The molecule has 0 rings (SSSR count). The molecule has 0 bridgehead atoms. The predicted molar refractivity (Wildman–Crippen MR) is 78.6 cm³/mol. The number of nitrogens with one attached hydrogen (secondary N) is 1. The summed E-state index contributed by atoms with van der Waals surface area (Å²) in [5.74, 6) is -1.10. The van der Waals surface area contributed by atoms with Gasteiger partial charge in [-0.1, -0.05) is 6.42 Å². The van der Waals surface area contributed by atoms with Gasteiger partial charge in [0.2, 0.25) is 0 Å². The fraction of sp³-hybridized carbons (Fsp3) is 0.846. The molecule has 0 aliphatic heterocycles. The van der Waals surface area contributed by atoms with Crippen molar-refractivity contribution in [1.29, 1.82) is 0 Å². The first-order valence-corrected chi connectivity index (χ1v) is 7.64. The van der Waals surface area contributed by atoms with Crippen LogP contribution in [-0.2, 0) is 14.4 Å². The monoisotopic (exact) mass is 337 g/mol. The predicted octanol–water partition coefficient (Wildman–Crippen LogP) is 0.867. The van der Waals surface area contributed by atoms with Crippen LogP contribution >= 0.6 is 0 Å². The molecule has 0 aromatic rings. The average molecular weight is 337 g/mol. The quantitative estimate of drug-likeness (QED) is 0.229. The molecule has 0 saturated heterocycles. The maximum absolute atomic E-state index is 11.5. The molecule has 0 spiro atoms. The van der Waals surface area contributed by atoms with Crippen molar-refractivity contribution in [3.8, 4) is 0 Å². The summed E-state index contributed by atoms with van der Waals surface area (Å²) in [6.07, 6.45) is 3.69. The molecule has 0 aliphatic carbocycles. The van der Waals surface area contributed by atoms with Gasteiger partial charge in [0.25, 0.3) is 0 Å². The largest absolute Gasteiger partial charge is 0.480 e. The van der Waals surface area contributed by atoms with Crippen LogP contribution in [-0.4, -0.2) is 58.8 Å². The Balaban J connectivity index is 3.65. The Morgan fingerprint density at radius 1 is 1.04 bits per heavy atom. The van der Waals surface area contributed by atoms with Crippen molar-refractivity contribution in [2.24, 2.45) is 5.73 Å². The lowest BCUT2D eigenvalue weighted by molar-refractivity contribution is -0.492. The Morgan fingerprint density at radius 3 is 2.26 bits per heavy atom. The van der Waals surface area contributed by atoms with Gasteiger partial charge in [0.15, 0.2) is 0 Å². The van der Waals surface area contributed by atoms with E-state index >= 15 is 0 Å². The smallest absolute Gasteiger partial charge is 0.407 e. The molecule has 0 aromatic carbocycles. The highest BCUT2D eigenvalue weighted by molar-refractivity contribution is 5.79. The molecule has 1 amide bonds. The maximum Gasteiger partial charge on any atom is 0.407 e. The Labute approximate surface area is 135 Å². The molecule has 10 heteroatoms. The number of hydrogen-bond acceptors (Lipinski definition) is 8. The van der Waals surface area contributed by atoms with Crippen LogP contribution in [0.2, 0.25) is 0 Å². The van der Waals surface area contributed by atoms with Crippen LogP contribution in [0, 0.1) is 0 Å². The van der Waals surface area contributed by atoms with Crippen molar-refractivity contribution < 1.29 is 34.7 Å². The molecule has 1 unspecified atom stereocenters. The van der Waals surface area contributed by atoms with Crippen LogP contribution in [0.4, 0.5) is 4.79 Å². The highest BCUT2D eigenvalue weighted by atomic mass is 17.1. The van der Waals surface area contributed by atoms with Crippen LogP contribution < -0.4 is 11.1 Å². The van der Waals surface area contributed by atoms with Gasteiger partial charge in [-0.05, 0) is 45.1 Å². The standard InChI is InChI=1S/C13H27N3O7/c14-8-4-3-7-11(12(17)18)15-13(19)22-9-5-1-2-6-10-23-16(20)21/h11,20-21H,1-10,14H2,(H,15,19)(H,17,18). The summed E-state index contributed by atoms with van der Waals surface area (Å²) in [6, 6.07) is -0.967. The lowest BCUT2D eigenvalue weighted by Crippen LogP contribution is -2.41. The third-order valence-electron chi connectivity index (χ3n) is 3.02. The third kappa shape index (κ3) is 13.9. The maximum atomic E-state index is 11.5. The number of ether oxygens (including phenoxy) is 1. The highest BCUT2D eigenvalue weighted by Crippen LogP contribution is 2.03. The number of carbonyl (C=O) groups excluding carboxylic acids is 1. The normalized spacial score (nSPS) is 12.2. The van der Waals surface area contributed by atoms with E-state index in [1.807, 2.05) is 0 Å². The summed E-state index contributed by atoms with van der Waals surface area (Å²) in [4.78, 5) is 26.9. The van der Waals surface area contributed by atoms with Crippen LogP contribution in [0.15, 0.2) is 0 Å². The van der Waals surface area contributed by atoms with E-state index in [4.69, 9.17) is 26.0 Å². The van der Waals surface area contributed by atoms with Crippen LogP contribution in [0.5, 0.6) is 0 Å². The van der Waals surface area contributed by atoms with Crippen LogP contribution in [0.25, 0.3) is 0 Å².